The van der Waals surface area contributed by atoms with Crippen LogP contribution in [0.3, 0.4) is 0 Å². The van der Waals surface area contributed by atoms with E-state index >= 15 is 0 Å². The van der Waals surface area contributed by atoms with E-state index in [1.54, 1.807) is 6.26 Å². The van der Waals surface area contributed by atoms with E-state index in [4.69, 9.17) is 8.83 Å². The molecule has 0 spiro atoms. The number of rotatable bonds is 7. The summed E-state index contributed by atoms with van der Waals surface area (Å²) in [5, 5.41) is 18.0. The summed E-state index contributed by atoms with van der Waals surface area (Å²) < 4.78 is 13.4. The lowest BCUT2D eigenvalue weighted by Crippen LogP contribution is -2.04. The van der Waals surface area contributed by atoms with Crippen LogP contribution in [-0.4, -0.2) is 25.0 Å². The second-order valence-electron chi connectivity index (χ2n) is 6.92. The summed E-state index contributed by atoms with van der Waals surface area (Å²) >= 11 is 1.51. The van der Waals surface area contributed by atoms with Crippen LogP contribution in [0.15, 0.2) is 87.0 Å². The molecule has 0 amide bonds. The van der Waals surface area contributed by atoms with Gasteiger partial charge in [0.1, 0.15) is 5.76 Å². The van der Waals surface area contributed by atoms with Gasteiger partial charge in [-0.1, -0.05) is 60.3 Å². The van der Waals surface area contributed by atoms with Crippen molar-refractivity contribution in [3.8, 4) is 22.8 Å². The lowest BCUT2D eigenvalue weighted by Gasteiger charge is -2.09. The topological polar surface area (TPSA) is 82.8 Å². The molecular formula is C23H19N5O2S. The molecule has 0 fully saturated rings. The van der Waals surface area contributed by atoms with Crippen molar-refractivity contribution in [2.24, 2.45) is 0 Å². The van der Waals surface area contributed by atoms with Crippen LogP contribution in [0.25, 0.3) is 22.8 Å². The van der Waals surface area contributed by atoms with Gasteiger partial charge in [0.15, 0.2) is 11.0 Å². The highest BCUT2D eigenvalue weighted by molar-refractivity contribution is 7.98. The van der Waals surface area contributed by atoms with Gasteiger partial charge in [0, 0.05) is 5.56 Å². The van der Waals surface area contributed by atoms with Crippen molar-refractivity contribution in [1.82, 2.24) is 25.0 Å². The van der Waals surface area contributed by atoms with Gasteiger partial charge in [-0.05, 0) is 30.7 Å². The van der Waals surface area contributed by atoms with Crippen molar-refractivity contribution in [2.45, 2.75) is 24.4 Å². The standard InChI is InChI=1S/C23H19N5O2S/c1-16-19(12-13-29-16)21-25-27-23(28(21)14-17-8-4-2-5-9-17)31-15-20-24-26-22(30-20)18-10-6-3-7-11-18/h2-13H,14-15H2,1H3. The van der Waals surface area contributed by atoms with Gasteiger partial charge in [0.25, 0.3) is 0 Å². The smallest absolute Gasteiger partial charge is 0.247 e. The molecule has 0 saturated carbocycles. The third-order valence-corrected chi connectivity index (χ3v) is 5.76. The van der Waals surface area contributed by atoms with Crippen molar-refractivity contribution < 1.29 is 8.83 Å². The predicted molar refractivity (Wildman–Crippen MR) is 117 cm³/mol. The van der Waals surface area contributed by atoms with E-state index in [9.17, 15) is 0 Å². The van der Waals surface area contributed by atoms with Gasteiger partial charge in [-0.15, -0.1) is 20.4 Å². The molecule has 0 aliphatic carbocycles. The molecule has 5 aromatic rings. The summed E-state index contributed by atoms with van der Waals surface area (Å²) in [5.74, 6) is 3.13. The largest absolute Gasteiger partial charge is 0.469 e. The number of aromatic nitrogens is 5. The molecule has 8 heteroatoms. The Balaban J connectivity index is 1.41. The van der Waals surface area contributed by atoms with Gasteiger partial charge in [-0.3, -0.25) is 4.57 Å². The van der Waals surface area contributed by atoms with Crippen LogP contribution in [0, 0.1) is 6.92 Å². The third-order valence-electron chi connectivity index (χ3n) is 4.81. The molecule has 0 aliphatic heterocycles. The Kier molecular flexibility index (Phi) is 5.37. The Morgan fingerprint density at radius 3 is 2.39 bits per heavy atom. The first-order valence-electron chi connectivity index (χ1n) is 9.80. The van der Waals surface area contributed by atoms with Gasteiger partial charge in [-0.25, -0.2) is 0 Å². The van der Waals surface area contributed by atoms with Crippen LogP contribution < -0.4 is 0 Å². The summed E-state index contributed by atoms with van der Waals surface area (Å²) in [6.45, 7) is 2.57. The average molecular weight is 430 g/mol. The van der Waals surface area contributed by atoms with Gasteiger partial charge in [-0.2, -0.15) is 0 Å². The fourth-order valence-electron chi connectivity index (χ4n) is 3.26. The summed E-state index contributed by atoms with van der Waals surface area (Å²) in [6, 6.07) is 21.9. The minimum Gasteiger partial charge on any atom is -0.469 e. The highest BCUT2D eigenvalue weighted by Gasteiger charge is 2.19. The summed E-state index contributed by atoms with van der Waals surface area (Å²) in [7, 11) is 0. The zero-order chi connectivity index (χ0) is 21.0. The molecule has 2 aromatic carbocycles. The van der Waals surface area contributed by atoms with Crippen LogP contribution in [0.4, 0.5) is 0 Å². The average Bonchev–Trinajstić information content (AvgIpc) is 3.54. The Morgan fingerprint density at radius 2 is 1.65 bits per heavy atom. The van der Waals surface area contributed by atoms with Crippen LogP contribution in [0.1, 0.15) is 17.2 Å². The molecule has 0 radical (unpaired) electrons. The molecular weight excluding hydrogens is 410 g/mol. The van der Waals surface area contributed by atoms with Crippen LogP contribution in [0.2, 0.25) is 0 Å². The molecule has 0 aliphatic rings. The highest BCUT2D eigenvalue weighted by Crippen LogP contribution is 2.30. The Morgan fingerprint density at radius 1 is 0.871 bits per heavy atom. The van der Waals surface area contributed by atoms with E-state index in [0.717, 1.165) is 33.4 Å². The SMILES string of the molecule is Cc1occc1-c1nnc(SCc2nnc(-c3ccccc3)o2)n1Cc1ccccc1. The number of nitrogens with zero attached hydrogens (tertiary/aromatic N) is 5. The minimum atomic E-state index is 0.497. The maximum absolute atomic E-state index is 5.83. The highest BCUT2D eigenvalue weighted by atomic mass is 32.2. The van der Waals surface area contributed by atoms with Crippen LogP contribution in [0.5, 0.6) is 0 Å². The number of thioether (sulfide) groups is 1. The first-order valence-corrected chi connectivity index (χ1v) is 10.8. The van der Waals surface area contributed by atoms with Gasteiger partial charge >= 0.3 is 0 Å². The Bertz CT molecular complexity index is 1280. The Hall–Kier alpha value is -3.65. The summed E-state index contributed by atoms with van der Waals surface area (Å²) in [6.07, 6.45) is 1.67. The van der Waals surface area contributed by atoms with Gasteiger partial charge in [0.2, 0.25) is 11.8 Å². The van der Waals surface area contributed by atoms with E-state index in [1.165, 1.54) is 11.8 Å². The molecule has 3 aromatic heterocycles. The van der Waals surface area contributed by atoms with Crippen molar-refractivity contribution in [3.63, 3.8) is 0 Å². The number of furan rings is 1. The molecule has 0 N–H and O–H groups in total. The lowest BCUT2D eigenvalue weighted by molar-refractivity contribution is 0.528. The molecule has 31 heavy (non-hydrogen) atoms. The van der Waals surface area contributed by atoms with E-state index in [2.05, 4.69) is 37.1 Å². The van der Waals surface area contributed by atoms with E-state index in [1.807, 2.05) is 61.5 Å². The molecule has 5 rings (SSSR count). The van der Waals surface area contributed by atoms with Crippen molar-refractivity contribution >= 4 is 11.8 Å². The van der Waals surface area contributed by atoms with Crippen molar-refractivity contribution in [3.05, 3.63) is 90.2 Å². The molecule has 0 unspecified atom stereocenters. The fraction of sp³-hybridized carbons (Fsp3) is 0.130. The molecule has 0 atom stereocenters. The predicted octanol–water partition coefficient (Wildman–Crippen LogP) is 5.24. The number of benzene rings is 2. The Labute approximate surface area is 183 Å². The zero-order valence-electron chi connectivity index (χ0n) is 16.8. The first kappa shape index (κ1) is 19.3. The lowest BCUT2D eigenvalue weighted by atomic mass is 10.2. The number of aryl methyl sites for hydroxylation is 1. The number of hydrogen-bond acceptors (Lipinski definition) is 7. The van der Waals surface area contributed by atoms with Crippen molar-refractivity contribution in [2.75, 3.05) is 0 Å². The fourth-order valence-corrected chi connectivity index (χ4v) is 4.03. The summed E-state index contributed by atoms with van der Waals surface area (Å²) in [5.41, 5.74) is 2.99. The van der Waals surface area contributed by atoms with Crippen LogP contribution >= 0.6 is 11.8 Å². The van der Waals surface area contributed by atoms with E-state index < -0.39 is 0 Å². The minimum absolute atomic E-state index is 0.497. The maximum atomic E-state index is 5.83. The van der Waals surface area contributed by atoms with E-state index in [0.29, 0.717) is 24.1 Å². The third kappa shape index (κ3) is 4.15. The van der Waals surface area contributed by atoms with Crippen molar-refractivity contribution in [1.29, 1.82) is 0 Å². The van der Waals surface area contributed by atoms with Gasteiger partial charge < -0.3 is 8.83 Å². The van der Waals surface area contributed by atoms with E-state index in [-0.39, 0.29) is 0 Å². The molecule has 7 nitrogen and oxygen atoms in total. The number of hydrogen-bond donors (Lipinski definition) is 0. The normalized spacial score (nSPS) is 11.1. The quantitative estimate of drug-likeness (QED) is 0.327. The molecule has 3 heterocycles. The second-order valence-corrected chi connectivity index (χ2v) is 7.87. The molecule has 0 saturated heterocycles. The summed E-state index contributed by atoms with van der Waals surface area (Å²) in [4.78, 5) is 0. The zero-order valence-corrected chi connectivity index (χ0v) is 17.6. The van der Waals surface area contributed by atoms with Gasteiger partial charge in [0.05, 0.1) is 24.1 Å². The maximum Gasteiger partial charge on any atom is 0.247 e. The monoisotopic (exact) mass is 429 g/mol. The molecule has 0 bridgehead atoms. The molecule has 154 valence electrons. The first-order chi connectivity index (χ1) is 15.3. The van der Waals surface area contributed by atoms with Crippen LogP contribution in [-0.2, 0) is 12.3 Å². The second kappa shape index (κ2) is 8.61.